The number of nitrogens with zero attached hydrogens (tertiary/aromatic N) is 2. The third-order valence-corrected chi connectivity index (χ3v) is 6.64. The Labute approximate surface area is 145 Å². The lowest BCUT2D eigenvalue weighted by Gasteiger charge is -2.21. The van der Waals surface area contributed by atoms with Gasteiger partial charge in [0.15, 0.2) is 9.84 Å². The molecule has 0 N–H and O–H groups in total. The third-order valence-electron chi connectivity index (χ3n) is 4.02. The zero-order valence-corrected chi connectivity index (χ0v) is 14.9. The van der Waals surface area contributed by atoms with E-state index in [9.17, 15) is 12.8 Å². The van der Waals surface area contributed by atoms with Crippen LogP contribution in [0.25, 0.3) is 0 Å². The molecular formula is C16H19FN2O3S2. The molecule has 1 saturated heterocycles. The zero-order valence-electron chi connectivity index (χ0n) is 13.3. The molecule has 130 valence electrons. The number of rotatable bonds is 6. The Hall–Kier alpha value is -1.51. The van der Waals surface area contributed by atoms with Gasteiger partial charge in [0.2, 0.25) is 0 Å². The molecule has 0 aliphatic carbocycles. The van der Waals surface area contributed by atoms with Gasteiger partial charge in [-0.25, -0.2) is 17.8 Å². The van der Waals surface area contributed by atoms with Crippen molar-refractivity contribution in [2.45, 2.75) is 25.6 Å². The van der Waals surface area contributed by atoms with E-state index < -0.39 is 9.84 Å². The number of halogens is 1. The quantitative estimate of drug-likeness (QED) is 0.782. The van der Waals surface area contributed by atoms with E-state index >= 15 is 0 Å². The predicted molar refractivity (Wildman–Crippen MR) is 91.4 cm³/mol. The summed E-state index contributed by atoms with van der Waals surface area (Å²) in [4.78, 5) is 6.56. The molecule has 0 spiro atoms. The highest BCUT2D eigenvalue weighted by molar-refractivity contribution is 7.91. The molecule has 1 unspecified atom stereocenters. The van der Waals surface area contributed by atoms with Crippen molar-refractivity contribution in [2.75, 3.05) is 18.6 Å². The summed E-state index contributed by atoms with van der Waals surface area (Å²) in [5.41, 5.74) is 0.907. The molecule has 0 radical (unpaired) electrons. The van der Waals surface area contributed by atoms with Gasteiger partial charge < -0.3 is 4.74 Å². The molecule has 1 aromatic carbocycles. The van der Waals surface area contributed by atoms with E-state index in [2.05, 4.69) is 4.98 Å². The van der Waals surface area contributed by atoms with E-state index in [1.807, 2.05) is 17.3 Å². The molecule has 2 heterocycles. The lowest BCUT2D eigenvalue weighted by Crippen LogP contribution is -2.32. The van der Waals surface area contributed by atoms with Gasteiger partial charge in [0.25, 0.3) is 0 Å². The van der Waals surface area contributed by atoms with Gasteiger partial charge in [0.1, 0.15) is 23.2 Å². The highest BCUT2D eigenvalue weighted by Crippen LogP contribution is 2.20. The van der Waals surface area contributed by atoms with Crippen molar-refractivity contribution < 1.29 is 17.5 Å². The molecule has 1 aliphatic rings. The molecule has 3 rings (SSSR count). The molecule has 24 heavy (non-hydrogen) atoms. The fourth-order valence-corrected chi connectivity index (χ4v) is 5.17. The molecule has 5 nitrogen and oxygen atoms in total. The Kier molecular flexibility index (Phi) is 5.17. The summed E-state index contributed by atoms with van der Waals surface area (Å²) in [7, 11) is -0.946. The van der Waals surface area contributed by atoms with Crippen molar-refractivity contribution in [3.63, 3.8) is 0 Å². The van der Waals surface area contributed by atoms with Crippen LogP contribution in [0.5, 0.6) is 5.75 Å². The average Bonchev–Trinajstić information content (AvgIpc) is 3.13. The Balaban J connectivity index is 1.52. The van der Waals surface area contributed by atoms with Gasteiger partial charge in [0, 0.05) is 18.0 Å². The van der Waals surface area contributed by atoms with Crippen LogP contribution in [0.2, 0.25) is 0 Å². The monoisotopic (exact) mass is 370 g/mol. The number of hydrogen-bond donors (Lipinski definition) is 0. The first-order valence-corrected chi connectivity index (χ1v) is 10.3. The molecule has 1 aromatic heterocycles. The van der Waals surface area contributed by atoms with Crippen LogP contribution in [-0.4, -0.2) is 42.9 Å². The highest BCUT2D eigenvalue weighted by atomic mass is 32.2. The fraction of sp³-hybridized carbons (Fsp3) is 0.438. The second-order valence-electron chi connectivity index (χ2n) is 5.95. The van der Waals surface area contributed by atoms with Crippen LogP contribution < -0.4 is 4.74 Å². The Morgan fingerprint density at radius 2 is 2.12 bits per heavy atom. The maximum Gasteiger partial charge on any atom is 0.151 e. The van der Waals surface area contributed by atoms with Crippen LogP contribution in [0, 0.1) is 5.82 Å². The SMILES string of the molecule is CN(Cc1csc(COc2ccc(F)cc2)n1)C1CCS(=O)(=O)C1. The second kappa shape index (κ2) is 7.16. The molecule has 1 aliphatic heterocycles. The molecule has 1 fully saturated rings. The van der Waals surface area contributed by atoms with Crippen molar-refractivity contribution in [1.29, 1.82) is 0 Å². The van der Waals surface area contributed by atoms with Crippen molar-refractivity contribution in [3.8, 4) is 5.75 Å². The van der Waals surface area contributed by atoms with E-state index in [-0.39, 0.29) is 23.4 Å². The minimum absolute atomic E-state index is 0.0654. The number of sulfone groups is 1. The first kappa shape index (κ1) is 17.3. The van der Waals surface area contributed by atoms with Crippen molar-refractivity contribution in [3.05, 3.63) is 46.2 Å². The molecule has 1 atom stereocenters. The van der Waals surface area contributed by atoms with Crippen LogP contribution >= 0.6 is 11.3 Å². The standard InChI is InChI=1S/C16H19FN2O3S2/c1-19(14-6-7-24(20,21)11-14)8-13-10-23-16(18-13)9-22-15-4-2-12(17)3-5-15/h2-5,10,14H,6-9,11H2,1H3. The summed E-state index contributed by atoms with van der Waals surface area (Å²) >= 11 is 1.50. The Morgan fingerprint density at radius 3 is 2.79 bits per heavy atom. The van der Waals surface area contributed by atoms with Crippen LogP contribution in [0.3, 0.4) is 0 Å². The maximum atomic E-state index is 12.8. The first-order valence-electron chi connectivity index (χ1n) is 7.63. The molecular weight excluding hydrogens is 351 g/mol. The number of hydrogen-bond acceptors (Lipinski definition) is 6. The topological polar surface area (TPSA) is 59.5 Å². The van der Waals surface area contributed by atoms with Gasteiger partial charge in [-0.1, -0.05) is 0 Å². The van der Waals surface area contributed by atoms with Crippen LogP contribution in [0.15, 0.2) is 29.6 Å². The summed E-state index contributed by atoms with van der Waals surface area (Å²) in [6.07, 6.45) is 0.684. The summed E-state index contributed by atoms with van der Waals surface area (Å²) in [5, 5.41) is 2.80. The van der Waals surface area contributed by atoms with Gasteiger partial charge in [-0.05, 0) is 37.7 Å². The van der Waals surface area contributed by atoms with E-state index in [0.717, 1.165) is 10.7 Å². The first-order chi connectivity index (χ1) is 11.4. The van der Waals surface area contributed by atoms with Gasteiger partial charge in [0.05, 0.1) is 17.2 Å². The van der Waals surface area contributed by atoms with Crippen molar-refractivity contribution in [2.24, 2.45) is 0 Å². The summed E-state index contributed by atoms with van der Waals surface area (Å²) in [6.45, 7) is 0.949. The smallest absolute Gasteiger partial charge is 0.151 e. The van der Waals surface area contributed by atoms with Gasteiger partial charge in [-0.15, -0.1) is 11.3 Å². The zero-order chi connectivity index (χ0) is 17.2. The van der Waals surface area contributed by atoms with E-state index in [0.29, 0.717) is 25.3 Å². The Morgan fingerprint density at radius 1 is 1.38 bits per heavy atom. The van der Waals surface area contributed by atoms with E-state index in [4.69, 9.17) is 4.74 Å². The van der Waals surface area contributed by atoms with Crippen LogP contribution in [-0.2, 0) is 23.0 Å². The highest BCUT2D eigenvalue weighted by Gasteiger charge is 2.30. The van der Waals surface area contributed by atoms with Gasteiger partial charge >= 0.3 is 0 Å². The number of thiazole rings is 1. The number of aromatic nitrogens is 1. The molecule has 0 bridgehead atoms. The third kappa shape index (κ3) is 4.52. The lowest BCUT2D eigenvalue weighted by atomic mass is 10.2. The number of ether oxygens (including phenoxy) is 1. The largest absolute Gasteiger partial charge is 0.486 e. The minimum atomic E-state index is -2.88. The lowest BCUT2D eigenvalue weighted by molar-refractivity contribution is 0.250. The van der Waals surface area contributed by atoms with Crippen LogP contribution in [0.4, 0.5) is 4.39 Å². The van der Waals surface area contributed by atoms with Crippen molar-refractivity contribution in [1.82, 2.24) is 9.88 Å². The molecule has 2 aromatic rings. The molecule has 0 amide bonds. The summed E-state index contributed by atoms with van der Waals surface area (Å²) < 4.78 is 41.5. The second-order valence-corrected chi connectivity index (χ2v) is 9.12. The fourth-order valence-electron chi connectivity index (χ4n) is 2.67. The minimum Gasteiger partial charge on any atom is -0.486 e. The van der Waals surface area contributed by atoms with Gasteiger partial charge in [-0.3, -0.25) is 4.90 Å². The Bertz CT molecular complexity index is 790. The summed E-state index contributed by atoms with van der Waals surface area (Å²) in [5.74, 6) is 0.807. The van der Waals surface area contributed by atoms with Gasteiger partial charge in [-0.2, -0.15) is 0 Å². The maximum absolute atomic E-state index is 12.8. The van der Waals surface area contributed by atoms with E-state index in [1.165, 1.54) is 23.5 Å². The van der Waals surface area contributed by atoms with Crippen LogP contribution in [0.1, 0.15) is 17.1 Å². The van der Waals surface area contributed by atoms with Crippen molar-refractivity contribution >= 4 is 21.2 Å². The summed E-state index contributed by atoms with van der Waals surface area (Å²) in [6, 6.07) is 5.94. The normalized spacial score (nSPS) is 19.7. The average molecular weight is 370 g/mol. The molecule has 0 saturated carbocycles. The molecule has 8 heteroatoms. The van der Waals surface area contributed by atoms with E-state index in [1.54, 1.807) is 12.1 Å². The number of benzene rings is 1. The predicted octanol–water partition coefficient (Wildman–Crippen LogP) is 2.48.